The molecule has 1 amide bonds. The first-order valence-corrected chi connectivity index (χ1v) is 11.1. The Hall–Kier alpha value is -4.01. The summed E-state index contributed by atoms with van der Waals surface area (Å²) in [6.07, 6.45) is 10.4. The van der Waals surface area contributed by atoms with Crippen LogP contribution in [0.3, 0.4) is 0 Å². The van der Waals surface area contributed by atoms with Crippen LogP contribution in [0.4, 0.5) is 11.4 Å². The number of carbonyl (C=O) groups is 1. The van der Waals surface area contributed by atoms with Crippen molar-refractivity contribution in [3.05, 3.63) is 82.3 Å². The number of aromatic nitrogens is 3. The fourth-order valence-electron chi connectivity index (χ4n) is 3.90. The zero-order chi connectivity index (χ0) is 23.0. The highest BCUT2D eigenvalue weighted by atomic mass is 16.2. The van der Waals surface area contributed by atoms with Crippen molar-refractivity contribution < 1.29 is 4.79 Å². The van der Waals surface area contributed by atoms with Gasteiger partial charge < -0.3 is 20.9 Å². The van der Waals surface area contributed by atoms with Gasteiger partial charge in [-0.25, -0.2) is 9.97 Å². The fraction of sp³-hybridized carbons (Fsp3) is 0.292. The number of amides is 1. The lowest BCUT2D eigenvalue weighted by Gasteiger charge is -2.25. The Morgan fingerprint density at radius 3 is 2.52 bits per heavy atom. The molecule has 0 atom stereocenters. The van der Waals surface area contributed by atoms with E-state index in [1.807, 2.05) is 18.2 Å². The highest BCUT2D eigenvalue weighted by Gasteiger charge is 2.18. The molecule has 33 heavy (non-hydrogen) atoms. The summed E-state index contributed by atoms with van der Waals surface area (Å²) in [4.78, 5) is 35.1. The molecular weight excluding hydrogens is 418 g/mol. The molecular formula is C24H27N7O2. The second-order valence-electron chi connectivity index (χ2n) is 8.03. The van der Waals surface area contributed by atoms with Gasteiger partial charge in [-0.15, -0.1) is 0 Å². The van der Waals surface area contributed by atoms with E-state index < -0.39 is 0 Å². The third-order valence-electron chi connectivity index (χ3n) is 5.62. The molecule has 3 aromatic rings. The van der Waals surface area contributed by atoms with Crippen LogP contribution in [0.2, 0.25) is 0 Å². The monoisotopic (exact) mass is 445 g/mol. The molecule has 0 unspecified atom stereocenters. The van der Waals surface area contributed by atoms with Crippen molar-refractivity contribution in [2.45, 2.75) is 44.7 Å². The lowest BCUT2D eigenvalue weighted by atomic mass is 9.95. The maximum absolute atomic E-state index is 12.5. The Kier molecular flexibility index (Phi) is 7.09. The molecule has 1 aromatic carbocycles. The summed E-state index contributed by atoms with van der Waals surface area (Å²) < 4.78 is 0. The summed E-state index contributed by atoms with van der Waals surface area (Å²) >= 11 is 0. The molecule has 1 saturated carbocycles. The first-order valence-electron chi connectivity index (χ1n) is 11.1. The number of benzene rings is 1. The van der Waals surface area contributed by atoms with Gasteiger partial charge in [-0.05, 0) is 42.7 Å². The fourth-order valence-corrected chi connectivity index (χ4v) is 3.90. The van der Waals surface area contributed by atoms with Crippen molar-refractivity contribution >= 4 is 23.1 Å². The third-order valence-corrected chi connectivity index (χ3v) is 5.62. The molecule has 5 N–H and O–H groups in total. The quantitative estimate of drug-likeness (QED) is 0.280. The summed E-state index contributed by atoms with van der Waals surface area (Å²) in [6, 6.07) is 11.1. The van der Waals surface area contributed by atoms with Gasteiger partial charge in [-0.3, -0.25) is 15.0 Å². The lowest BCUT2D eigenvalue weighted by Crippen LogP contribution is -2.29. The molecule has 1 aliphatic rings. The van der Waals surface area contributed by atoms with Crippen LogP contribution in [0, 0.1) is 5.41 Å². The molecule has 0 saturated heterocycles. The zero-order valence-electron chi connectivity index (χ0n) is 18.2. The van der Waals surface area contributed by atoms with Gasteiger partial charge in [0.15, 0.2) is 0 Å². The molecule has 0 radical (unpaired) electrons. The van der Waals surface area contributed by atoms with Crippen LogP contribution in [-0.2, 0) is 6.54 Å². The minimum atomic E-state index is -0.346. The van der Waals surface area contributed by atoms with E-state index in [1.54, 1.807) is 24.4 Å². The molecule has 2 aromatic heterocycles. The van der Waals surface area contributed by atoms with E-state index >= 15 is 0 Å². The van der Waals surface area contributed by atoms with Crippen LogP contribution in [-0.4, -0.2) is 32.7 Å². The standard InChI is InChI=1S/C24H27N7O2/c25-21(20-19(11-14-28-23(20)32)30-17-5-2-1-3-6-17)31-18-9-7-16(8-10-18)15-29-24(33)22-26-12-4-13-27-22/h4,7-14,17H,1-3,5-6,15H2,(H2,25,31)(H,29,33)(H2,28,30,32). The number of hydrogen-bond acceptors (Lipinski definition) is 6. The molecule has 9 heteroatoms. The van der Waals surface area contributed by atoms with E-state index in [4.69, 9.17) is 5.41 Å². The average Bonchev–Trinajstić information content (AvgIpc) is 2.84. The van der Waals surface area contributed by atoms with Gasteiger partial charge in [0.05, 0.1) is 5.69 Å². The van der Waals surface area contributed by atoms with Gasteiger partial charge in [0, 0.05) is 36.9 Å². The summed E-state index contributed by atoms with van der Waals surface area (Å²) in [7, 11) is 0. The molecule has 9 nitrogen and oxygen atoms in total. The third kappa shape index (κ3) is 5.82. The summed E-state index contributed by atoms with van der Waals surface area (Å²) in [6.45, 7) is 0.322. The number of nitrogens with zero attached hydrogens (tertiary/aromatic N) is 2. The Balaban J connectivity index is 1.38. The van der Waals surface area contributed by atoms with Gasteiger partial charge in [0.25, 0.3) is 11.5 Å². The molecule has 0 aliphatic heterocycles. The highest BCUT2D eigenvalue weighted by Crippen LogP contribution is 2.23. The van der Waals surface area contributed by atoms with Crippen molar-refractivity contribution in [1.29, 1.82) is 5.41 Å². The second-order valence-corrected chi connectivity index (χ2v) is 8.03. The highest BCUT2D eigenvalue weighted by molar-refractivity contribution is 6.09. The number of hydrogen-bond donors (Lipinski definition) is 5. The lowest BCUT2D eigenvalue weighted by molar-refractivity contribution is 0.0940. The summed E-state index contributed by atoms with van der Waals surface area (Å²) in [5.74, 6) is -0.201. The van der Waals surface area contributed by atoms with Crippen molar-refractivity contribution in [3.63, 3.8) is 0 Å². The molecule has 4 rings (SSSR count). The first kappa shape index (κ1) is 22.2. The molecule has 1 fully saturated rings. The van der Waals surface area contributed by atoms with E-state index in [0.29, 0.717) is 29.5 Å². The van der Waals surface area contributed by atoms with Crippen molar-refractivity contribution in [2.24, 2.45) is 0 Å². The van der Waals surface area contributed by atoms with Gasteiger partial charge in [-0.2, -0.15) is 0 Å². The van der Waals surface area contributed by atoms with Crippen molar-refractivity contribution in [1.82, 2.24) is 20.3 Å². The number of carbonyl (C=O) groups excluding carboxylic acids is 1. The van der Waals surface area contributed by atoms with Crippen LogP contribution in [0.15, 0.2) is 59.8 Å². The van der Waals surface area contributed by atoms with E-state index in [-0.39, 0.29) is 23.1 Å². The van der Waals surface area contributed by atoms with E-state index in [9.17, 15) is 9.59 Å². The molecule has 1 aliphatic carbocycles. The molecule has 0 spiro atoms. The van der Waals surface area contributed by atoms with Crippen LogP contribution in [0.5, 0.6) is 0 Å². The van der Waals surface area contributed by atoms with E-state index in [2.05, 4.69) is 30.9 Å². The number of nitrogens with one attached hydrogen (secondary N) is 5. The first-order chi connectivity index (χ1) is 16.1. The van der Waals surface area contributed by atoms with Gasteiger partial charge >= 0.3 is 0 Å². The van der Waals surface area contributed by atoms with E-state index in [0.717, 1.165) is 18.4 Å². The molecule has 2 heterocycles. The van der Waals surface area contributed by atoms with E-state index in [1.165, 1.54) is 31.7 Å². The zero-order valence-corrected chi connectivity index (χ0v) is 18.2. The Bertz CT molecular complexity index is 1150. The smallest absolute Gasteiger partial charge is 0.289 e. The van der Waals surface area contributed by atoms with Crippen LogP contribution in [0.1, 0.15) is 53.8 Å². The summed E-state index contributed by atoms with van der Waals surface area (Å²) in [5.41, 5.74) is 2.21. The predicted octanol–water partition coefficient (Wildman–Crippen LogP) is 3.28. The molecule has 170 valence electrons. The summed E-state index contributed by atoms with van der Waals surface area (Å²) in [5, 5.41) is 17.8. The largest absolute Gasteiger partial charge is 0.382 e. The Morgan fingerprint density at radius 1 is 1.06 bits per heavy atom. The Morgan fingerprint density at radius 2 is 1.79 bits per heavy atom. The minimum Gasteiger partial charge on any atom is -0.382 e. The Labute approximate surface area is 191 Å². The maximum Gasteiger partial charge on any atom is 0.289 e. The van der Waals surface area contributed by atoms with Crippen LogP contribution < -0.4 is 21.5 Å². The van der Waals surface area contributed by atoms with Crippen LogP contribution in [0.25, 0.3) is 0 Å². The predicted molar refractivity (Wildman–Crippen MR) is 128 cm³/mol. The number of pyridine rings is 1. The minimum absolute atomic E-state index is 0.0254. The van der Waals surface area contributed by atoms with Gasteiger partial charge in [-0.1, -0.05) is 31.4 Å². The average molecular weight is 446 g/mol. The van der Waals surface area contributed by atoms with Crippen molar-refractivity contribution in [3.8, 4) is 0 Å². The van der Waals surface area contributed by atoms with Crippen LogP contribution >= 0.6 is 0 Å². The molecule has 0 bridgehead atoms. The number of aromatic amines is 1. The topological polar surface area (TPSA) is 136 Å². The maximum atomic E-state index is 12.5. The van der Waals surface area contributed by atoms with Crippen molar-refractivity contribution in [2.75, 3.05) is 10.6 Å². The number of H-pyrrole nitrogens is 1. The number of rotatable bonds is 7. The second kappa shape index (κ2) is 10.5. The van der Waals surface area contributed by atoms with Gasteiger partial charge in [0.2, 0.25) is 5.82 Å². The number of amidine groups is 1. The van der Waals surface area contributed by atoms with Gasteiger partial charge in [0.1, 0.15) is 11.4 Å². The normalized spacial score (nSPS) is 13.8. The SMILES string of the molecule is N=C(Nc1ccc(CNC(=O)c2ncccn2)cc1)c1c(NC2CCCCC2)cc[nH]c1=O. The number of anilines is 2.